The van der Waals surface area contributed by atoms with Gasteiger partial charge in [-0.05, 0) is 24.1 Å². The van der Waals surface area contributed by atoms with Crippen molar-refractivity contribution in [2.45, 2.75) is 12.8 Å². The second kappa shape index (κ2) is 6.78. The molecule has 88 valence electrons. The molecule has 0 spiro atoms. The van der Waals surface area contributed by atoms with Gasteiger partial charge in [-0.1, -0.05) is 28.7 Å². The number of hydrogen-bond acceptors (Lipinski definition) is 1. The molecule has 1 amide bonds. The van der Waals surface area contributed by atoms with Crippen LogP contribution in [-0.2, 0) is 11.2 Å². The zero-order chi connectivity index (χ0) is 12.0. The van der Waals surface area contributed by atoms with Crippen LogP contribution >= 0.6 is 22.6 Å². The zero-order valence-corrected chi connectivity index (χ0v) is 10.8. The molecule has 1 rings (SSSR count). The van der Waals surface area contributed by atoms with Gasteiger partial charge in [0, 0.05) is 11.0 Å². The van der Waals surface area contributed by atoms with Gasteiger partial charge in [-0.15, -0.1) is 0 Å². The van der Waals surface area contributed by atoms with E-state index in [1.54, 1.807) is 0 Å². The van der Waals surface area contributed by atoms with Gasteiger partial charge in [-0.25, -0.2) is 8.78 Å². The molecule has 0 aromatic heterocycles. The highest BCUT2D eigenvalue weighted by Gasteiger charge is 2.06. The van der Waals surface area contributed by atoms with Crippen molar-refractivity contribution in [1.82, 2.24) is 5.32 Å². The van der Waals surface area contributed by atoms with Crippen LogP contribution in [0.15, 0.2) is 18.2 Å². The van der Waals surface area contributed by atoms with Crippen LogP contribution in [0.25, 0.3) is 0 Å². The van der Waals surface area contributed by atoms with Gasteiger partial charge in [0.1, 0.15) is 0 Å². The minimum atomic E-state index is -0.919. The number of carbonyl (C=O) groups excluding carboxylic acids is 1. The highest BCUT2D eigenvalue weighted by atomic mass is 127. The normalized spacial score (nSPS) is 10.2. The van der Waals surface area contributed by atoms with E-state index in [0.29, 0.717) is 12.1 Å². The fourth-order valence-electron chi connectivity index (χ4n) is 1.19. The van der Waals surface area contributed by atoms with Crippen molar-refractivity contribution in [1.29, 1.82) is 0 Å². The molecule has 2 nitrogen and oxygen atoms in total. The summed E-state index contributed by atoms with van der Waals surface area (Å²) in [4.78, 5) is 11.4. The van der Waals surface area contributed by atoms with Crippen LogP contribution in [0.4, 0.5) is 8.78 Å². The van der Waals surface area contributed by atoms with E-state index in [-0.39, 0.29) is 12.3 Å². The zero-order valence-electron chi connectivity index (χ0n) is 8.60. The summed E-state index contributed by atoms with van der Waals surface area (Å²) in [5.74, 6) is -1.98. The van der Waals surface area contributed by atoms with Crippen molar-refractivity contribution < 1.29 is 13.6 Å². The fraction of sp³-hybridized carbons (Fsp3) is 0.364. The number of hydrogen-bond donors (Lipinski definition) is 1. The monoisotopic (exact) mass is 339 g/mol. The molecule has 0 fully saturated rings. The predicted octanol–water partition coefficient (Wildman–Crippen LogP) is 2.45. The Labute approximate surface area is 107 Å². The standard InChI is InChI=1S/C11H12F2INO/c12-9-3-2-8(6-10(9)13)7-11(16)15-5-1-4-14/h2-3,6H,1,4-5,7H2,(H,15,16). The fourth-order valence-corrected chi connectivity index (χ4v) is 1.57. The number of halogens is 3. The van der Waals surface area contributed by atoms with E-state index in [2.05, 4.69) is 27.9 Å². The van der Waals surface area contributed by atoms with E-state index in [1.165, 1.54) is 6.07 Å². The molecule has 0 aliphatic rings. The Kier molecular flexibility index (Phi) is 5.65. The molecule has 0 heterocycles. The van der Waals surface area contributed by atoms with Crippen molar-refractivity contribution in [3.63, 3.8) is 0 Å². The maximum absolute atomic E-state index is 12.8. The first-order valence-corrected chi connectivity index (χ1v) is 6.42. The Morgan fingerprint density at radius 2 is 2.06 bits per heavy atom. The molecule has 1 aromatic carbocycles. The predicted molar refractivity (Wildman–Crippen MR) is 66.6 cm³/mol. The largest absolute Gasteiger partial charge is 0.356 e. The van der Waals surface area contributed by atoms with Gasteiger partial charge in [-0.2, -0.15) is 0 Å². The van der Waals surface area contributed by atoms with Gasteiger partial charge in [0.05, 0.1) is 6.42 Å². The van der Waals surface area contributed by atoms with Gasteiger partial charge < -0.3 is 5.32 Å². The number of alkyl halides is 1. The third-order valence-electron chi connectivity index (χ3n) is 1.98. The first-order valence-electron chi connectivity index (χ1n) is 4.90. The van der Waals surface area contributed by atoms with Gasteiger partial charge in [0.15, 0.2) is 11.6 Å². The van der Waals surface area contributed by atoms with Gasteiger partial charge in [-0.3, -0.25) is 4.79 Å². The molecule has 0 bridgehead atoms. The lowest BCUT2D eigenvalue weighted by molar-refractivity contribution is -0.120. The minimum absolute atomic E-state index is 0.0818. The Hall–Kier alpha value is -0.720. The Balaban J connectivity index is 2.46. The van der Waals surface area contributed by atoms with E-state index in [1.807, 2.05) is 0 Å². The molecule has 0 unspecified atom stereocenters. The first kappa shape index (κ1) is 13.3. The molecule has 16 heavy (non-hydrogen) atoms. The summed E-state index contributed by atoms with van der Waals surface area (Å²) in [6.45, 7) is 0.617. The summed E-state index contributed by atoms with van der Waals surface area (Å²) in [7, 11) is 0. The summed E-state index contributed by atoms with van der Waals surface area (Å²) in [5.41, 5.74) is 0.478. The van der Waals surface area contributed by atoms with Gasteiger partial charge >= 0.3 is 0 Å². The van der Waals surface area contributed by atoms with Crippen molar-refractivity contribution in [3.05, 3.63) is 35.4 Å². The van der Waals surface area contributed by atoms with Crippen LogP contribution < -0.4 is 5.32 Å². The minimum Gasteiger partial charge on any atom is -0.356 e. The maximum atomic E-state index is 12.8. The van der Waals surface area contributed by atoms with Crippen LogP contribution in [0, 0.1) is 11.6 Å². The Morgan fingerprint density at radius 1 is 1.31 bits per heavy atom. The second-order valence-corrected chi connectivity index (χ2v) is 4.40. The molecule has 0 saturated heterocycles. The number of rotatable bonds is 5. The molecule has 1 aromatic rings. The number of benzene rings is 1. The third-order valence-corrected chi connectivity index (χ3v) is 2.74. The van der Waals surface area contributed by atoms with Crippen LogP contribution in [0.2, 0.25) is 0 Å². The Bertz CT molecular complexity index is 371. The highest BCUT2D eigenvalue weighted by Crippen LogP contribution is 2.09. The molecule has 0 atom stereocenters. The van der Waals surface area contributed by atoms with E-state index < -0.39 is 11.6 Å². The quantitative estimate of drug-likeness (QED) is 0.498. The smallest absolute Gasteiger partial charge is 0.224 e. The topological polar surface area (TPSA) is 29.1 Å². The summed E-state index contributed by atoms with van der Waals surface area (Å²) >= 11 is 2.22. The van der Waals surface area contributed by atoms with Crippen molar-refractivity contribution in [2.75, 3.05) is 11.0 Å². The highest BCUT2D eigenvalue weighted by molar-refractivity contribution is 14.1. The summed E-state index contributed by atoms with van der Waals surface area (Å²) in [5, 5.41) is 2.71. The molecular formula is C11H12F2INO. The van der Waals surface area contributed by atoms with Crippen LogP contribution in [0.5, 0.6) is 0 Å². The second-order valence-electron chi connectivity index (χ2n) is 3.32. The van der Waals surface area contributed by atoms with Crippen LogP contribution in [0.1, 0.15) is 12.0 Å². The lowest BCUT2D eigenvalue weighted by atomic mass is 10.1. The van der Waals surface area contributed by atoms with Crippen molar-refractivity contribution in [2.24, 2.45) is 0 Å². The van der Waals surface area contributed by atoms with Gasteiger partial charge in [0.25, 0.3) is 0 Å². The Morgan fingerprint density at radius 3 is 2.69 bits per heavy atom. The number of nitrogens with one attached hydrogen (secondary N) is 1. The van der Waals surface area contributed by atoms with Crippen LogP contribution in [-0.4, -0.2) is 16.9 Å². The molecule has 5 heteroatoms. The number of carbonyl (C=O) groups is 1. The lowest BCUT2D eigenvalue weighted by Crippen LogP contribution is -2.26. The van der Waals surface area contributed by atoms with E-state index in [4.69, 9.17) is 0 Å². The average Bonchev–Trinajstić information content (AvgIpc) is 2.24. The van der Waals surface area contributed by atoms with E-state index in [0.717, 1.165) is 23.0 Å². The average molecular weight is 339 g/mol. The summed E-state index contributed by atoms with van der Waals surface area (Å²) in [6.07, 6.45) is 0.989. The summed E-state index contributed by atoms with van der Waals surface area (Å²) < 4.78 is 26.4. The summed E-state index contributed by atoms with van der Waals surface area (Å²) in [6, 6.07) is 3.49. The first-order chi connectivity index (χ1) is 7.63. The maximum Gasteiger partial charge on any atom is 0.224 e. The third kappa shape index (κ3) is 4.42. The SMILES string of the molecule is O=C(Cc1ccc(F)c(F)c1)NCCCI. The van der Waals surface area contributed by atoms with Crippen molar-refractivity contribution in [3.8, 4) is 0 Å². The van der Waals surface area contributed by atoms with Gasteiger partial charge in [0.2, 0.25) is 5.91 Å². The molecule has 0 radical (unpaired) electrons. The van der Waals surface area contributed by atoms with Crippen molar-refractivity contribution >= 4 is 28.5 Å². The molecular weight excluding hydrogens is 327 g/mol. The molecule has 0 aliphatic heterocycles. The van der Waals surface area contributed by atoms with E-state index in [9.17, 15) is 13.6 Å². The lowest BCUT2D eigenvalue weighted by Gasteiger charge is -2.04. The molecule has 1 N–H and O–H groups in total. The van der Waals surface area contributed by atoms with E-state index >= 15 is 0 Å². The molecule has 0 saturated carbocycles. The molecule has 0 aliphatic carbocycles. The van der Waals surface area contributed by atoms with Crippen LogP contribution in [0.3, 0.4) is 0 Å². The number of amides is 1.